The van der Waals surface area contributed by atoms with Crippen molar-refractivity contribution >= 4 is 27.6 Å². The summed E-state index contributed by atoms with van der Waals surface area (Å²) in [5.74, 6) is -0.450. The van der Waals surface area contributed by atoms with Crippen molar-refractivity contribution in [3.63, 3.8) is 0 Å². The molecule has 0 aliphatic rings. The number of carbonyl (C=O) groups excluding carboxylic acids is 1. The third kappa shape index (κ3) is 5.59. The van der Waals surface area contributed by atoms with E-state index < -0.39 is 15.9 Å². The first-order valence-corrected chi connectivity index (χ1v) is 7.40. The predicted octanol–water partition coefficient (Wildman–Crippen LogP) is 0.517. The molecule has 1 heterocycles. The highest BCUT2D eigenvalue weighted by Gasteiger charge is 2.14. The number of sulfonamides is 1. The van der Waals surface area contributed by atoms with Gasteiger partial charge in [-0.25, -0.2) is 23.1 Å². The molecule has 116 valence electrons. The number of primary amides is 1. The minimum atomic E-state index is -3.66. The van der Waals surface area contributed by atoms with E-state index in [1.165, 1.54) is 36.7 Å². The van der Waals surface area contributed by atoms with Crippen LogP contribution in [0, 0.1) is 0 Å². The number of carbonyl (C=O) groups is 1. The Kier molecular flexibility index (Phi) is 6.02. The molecule has 0 unspecified atom stereocenters. The van der Waals surface area contributed by atoms with E-state index in [0.717, 1.165) is 6.08 Å². The average Bonchev–Trinajstić information content (AvgIpc) is 2.49. The fourth-order valence-corrected chi connectivity index (χ4v) is 2.14. The zero-order valence-electron chi connectivity index (χ0n) is 11.5. The van der Waals surface area contributed by atoms with Crippen molar-refractivity contribution in [2.24, 2.45) is 5.73 Å². The maximum absolute atomic E-state index is 11.9. The highest BCUT2D eigenvalue weighted by molar-refractivity contribution is 7.92. The molecule has 22 heavy (non-hydrogen) atoms. The zero-order chi connectivity index (χ0) is 16.6. The Hall–Kier alpha value is -2.94. The van der Waals surface area contributed by atoms with Gasteiger partial charge in [0.2, 0.25) is 11.9 Å². The van der Waals surface area contributed by atoms with E-state index in [9.17, 15) is 13.2 Å². The molecular formula is C13H15N5O3S. The molecule has 0 fully saturated rings. The molecule has 9 heteroatoms. The van der Waals surface area contributed by atoms with Crippen molar-refractivity contribution in [3.8, 4) is 0 Å². The highest BCUT2D eigenvalue weighted by Crippen LogP contribution is 2.14. The van der Waals surface area contributed by atoms with Crippen LogP contribution in [0.5, 0.6) is 0 Å². The maximum atomic E-state index is 11.9. The average molecular weight is 321 g/mol. The molecule has 1 amide bonds. The number of amides is 1. The van der Waals surface area contributed by atoms with Crippen LogP contribution in [0.4, 0.5) is 11.6 Å². The summed E-state index contributed by atoms with van der Waals surface area (Å²) in [4.78, 5) is 17.1. The van der Waals surface area contributed by atoms with Gasteiger partial charge in [0.05, 0.1) is 4.90 Å². The number of nitrogens with one attached hydrogen (secondary N) is 1. The molecule has 0 saturated carbocycles. The number of anilines is 2. The summed E-state index contributed by atoms with van der Waals surface area (Å²) in [6.45, 7) is 3.09. The minimum absolute atomic E-state index is 0.0318. The van der Waals surface area contributed by atoms with Gasteiger partial charge in [-0.2, -0.15) is 0 Å². The molecule has 0 radical (unpaired) electrons. The Bertz CT molecular complexity index is 730. The fraction of sp³-hybridized carbons (Fsp3) is 0. The number of hydrogen-bond donors (Lipinski definition) is 3. The number of nitrogens with zero attached hydrogens (tertiary/aromatic N) is 2. The quantitative estimate of drug-likeness (QED) is 0.553. The van der Waals surface area contributed by atoms with Crippen molar-refractivity contribution in [1.29, 1.82) is 0 Å². The topological polar surface area (TPSA) is 141 Å². The van der Waals surface area contributed by atoms with Gasteiger partial charge in [0, 0.05) is 18.1 Å². The van der Waals surface area contributed by atoms with E-state index in [1.54, 1.807) is 6.07 Å². The van der Waals surface area contributed by atoms with Crippen molar-refractivity contribution in [2.45, 2.75) is 4.90 Å². The summed E-state index contributed by atoms with van der Waals surface area (Å²) in [6, 6.07) is 7.46. The maximum Gasteiger partial charge on any atom is 0.264 e. The largest absolute Gasteiger partial charge is 0.399 e. The SMILES string of the molecule is C=CC(N)=O.Nc1ccc(S(=O)(=O)Nc2ncccn2)cc1. The van der Waals surface area contributed by atoms with E-state index in [4.69, 9.17) is 5.73 Å². The number of benzene rings is 1. The van der Waals surface area contributed by atoms with E-state index in [0.29, 0.717) is 5.69 Å². The normalized spacial score (nSPS) is 10.0. The van der Waals surface area contributed by atoms with Gasteiger partial charge in [-0.05, 0) is 36.4 Å². The van der Waals surface area contributed by atoms with Gasteiger partial charge in [0.25, 0.3) is 10.0 Å². The zero-order valence-corrected chi connectivity index (χ0v) is 12.3. The molecule has 0 bridgehead atoms. The smallest absolute Gasteiger partial charge is 0.264 e. The number of aromatic nitrogens is 2. The monoisotopic (exact) mass is 321 g/mol. The first kappa shape index (κ1) is 17.1. The molecule has 1 aromatic carbocycles. The number of nitrogen functional groups attached to an aromatic ring is 1. The van der Waals surface area contributed by atoms with Crippen LogP contribution in [0.25, 0.3) is 0 Å². The lowest BCUT2D eigenvalue weighted by Gasteiger charge is -2.05. The first-order chi connectivity index (χ1) is 10.3. The third-order valence-corrected chi connectivity index (χ3v) is 3.53. The lowest BCUT2D eigenvalue weighted by molar-refractivity contribution is -0.113. The van der Waals surface area contributed by atoms with Crippen molar-refractivity contribution in [3.05, 3.63) is 55.4 Å². The second kappa shape index (κ2) is 7.74. The van der Waals surface area contributed by atoms with Crippen LogP contribution in [0.15, 0.2) is 60.3 Å². The van der Waals surface area contributed by atoms with E-state index in [-0.39, 0.29) is 10.8 Å². The second-order valence-electron chi connectivity index (χ2n) is 3.85. The standard InChI is InChI=1S/C10H10N4O2S.C3H5NO/c11-8-2-4-9(5-3-8)17(15,16)14-10-12-6-1-7-13-10;1-2-3(4)5/h1-7H,11H2,(H,12,13,14);2H,1H2,(H2,4,5). The van der Waals surface area contributed by atoms with E-state index >= 15 is 0 Å². The summed E-state index contributed by atoms with van der Waals surface area (Å²) in [5.41, 5.74) is 10.5. The molecular weight excluding hydrogens is 306 g/mol. The second-order valence-corrected chi connectivity index (χ2v) is 5.54. The summed E-state index contributed by atoms with van der Waals surface area (Å²) in [6.07, 6.45) is 3.96. The Morgan fingerprint density at radius 1 is 1.18 bits per heavy atom. The van der Waals surface area contributed by atoms with Gasteiger partial charge in [-0.15, -0.1) is 0 Å². The van der Waals surface area contributed by atoms with Crippen LogP contribution in [0.2, 0.25) is 0 Å². The van der Waals surface area contributed by atoms with Crippen LogP contribution in [0.1, 0.15) is 0 Å². The molecule has 0 aliphatic heterocycles. The summed E-state index contributed by atoms with van der Waals surface area (Å²) in [5, 5.41) is 0. The molecule has 1 aromatic heterocycles. The molecule has 0 spiro atoms. The molecule has 0 saturated heterocycles. The van der Waals surface area contributed by atoms with Gasteiger partial charge < -0.3 is 11.5 Å². The highest BCUT2D eigenvalue weighted by atomic mass is 32.2. The van der Waals surface area contributed by atoms with Crippen molar-refractivity contribution in [2.75, 3.05) is 10.5 Å². The van der Waals surface area contributed by atoms with Crippen molar-refractivity contribution < 1.29 is 13.2 Å². The van der Waals surface area contributed by atoms with Crippen LogP contribution < -0.4 is 16.2 Å². The molecule has 2 aromatic rings. The van der Waals surface area contributed by atoms with Gasteiger partial charge in [-0.1, -0.05) is 6.58 Å². The molecule has 0 aliphatic carbocycles. The fourth-order valence-electron chi connectivity index (χ4n) is 1.18. The lowest BCUT2D eigenvalue weighted by atomic mass is 10.3. The van der Waals surface area contributed by atoms with Crippen LogP contribution in [-0.4, -0.2) is 24.3 Å². The molecule has 2 rings (SSSR count). The van der Waals surface area contributed by atoms with Gasteiger partial charge in [0.15, 0.2) is 0 Å². The molecule has 0 atom stereocenters. The van der Waals surface area contributed by atoms with Crippen LogP contribution in [0.3, 0.4) is 0 Å². The summed E-state index contributed by atoms with van der Waals surface area (Å²) < 4.78 is 26.0. The first-order valence-electron chi connectivity index (χ1n) is 5.92. The Labute approximate surface area is 127 Å². The number of nitrogens with two attached hydrogens (primary N) is 2. The minimum Gasteiger partial charge on any atom is -0.399 e. The van der Waals surface area contributed by atoms with E-state index in [1.807, 2.05) is 0 Å². The number of hydrogen-bond acceptors (Lipinski definition) is 6. The summed E-state index contributed by atoms with van der Waals surface area (Å²) in [7, 11) is -3.66. The van der Waals surface area contributed by atoms with Crippen LogP contribution >= 0.6 is 0 Å². The predicted molar refractivity (Wildman–Crippen MR) is 83.1 cm³/mol. The van der Waals surface area contributed by atoms with Gasteiger partial charge in [-0.3, -0.25) is 4.79 Å². The Morgan fingerprint density at radius 2 is 1.68 bits per heavy atom. The summed E-state index contributed by atoms with van der Waals surface area (Å²) >= 11 is 0. The molecule has 8 nitrogen and oxygen atoms in total. The van der Waals surface area contributed by atoms with Crippen LogP contribution in [-0.2, 0) is 14.8 Å². The Morgan fingerprint density at radius 3 is 2.14 bits per heavy atom. The third-order valence-electron chi connectivity index (χ3n) is 2.18. The number of rotatable bonds is 4. The van der Waals surface area contributed by atoms with E-state index in [2.05, 4.69) is 27.0 Å². The lowest BCUT2D eigenvalue weighted by Crippen LogP contribution is -2.14. The van der Waals surface area contributed by atoms with Gasteiger partial charge >= 0.3 is 0 Å². The van der Waals surface area contributed by atoms with Crippen molar-refractivity contribution in [1.82, 2.24) is 9.97 Å². The Balaban J connectivity index is 0.000000422. The van der Waals surface area contributed by atoms with Gasteiger partial charge in [0.1, 0.15) is 0 Å². The molecule has 5 N–H and O–H groups in total.